The SMILES string of the molecule is CCCOCCCNC(=O)c1cnc(N)c(Cl)c1. The van der Waals surface area contributed by atoms with Gasteiger partial charge < -0.3 is 15.8 Å². The Balaban J connectivity index is 2.30. The predicted octanol–water partition coefficient (Wildman–Crippen LogP) is 1.86. The summed E-state index contributed by atoms with van der Waals surface area (Å²) in [6.07, 6.45) is 3.19. The van der Waals surface area contributed by atoms with Crippen molar-refractivity contribution in [1.82, 2.24) is 10.3 Å². The third-order valence-electron chi connectivity index (χ3n) is 2.23. The number of anilines is 1. The zero-order valence-electron chi connectivity index (χ0n) is 10.4. The topological polar surface area (TPSA) is 77.2 Å². The van der Waals surface area contributed by atoms with Gasteiger partial charge in [-0.05, 0) is 18.9 Å². The number of hydrogen-bond acceptors (Lipinski definition) is 4. The largest absolute Gasteiger partial charge is 0.382 e. The summed E-state index contributed by atoms with van der Waals surface area (Å²) in [5, 5.41) is 3.05. The first-order valence-corrected chi connectivity index (χ1v) is 6.30. The van der Waals surface area contributed by atoms with Gasteiger partial charge in [-0.25, -0.2) is 4.98 Å². The lowest BCUT2D eigenvalue weighted by Crippen LogP contribution is -2.25. The average molecular weight is 272 g/mol. The number of halogens is 1. The Bertz CT molecular complexity index is 399. The number of rotatable bonds is 7. The van der Waals surface area contributed by atoms with Crippen molar-refractivity contribution in [2.24, 2.45) is 0 Å². The van der Waals surface area contributed by atoms with Crippen LogP contribution in [0.2, 0.25) is 5.02 Å². The van der Waals surface area contributed by atoms with E-state index in [1.807, 2.05) is 0 Å². The minimum absolute atomic E-state index is 0.208. The molecule has 0 aliphatic heterocycles. The highest BCUT2D eigenvalue weighted by Crippen LogP contribution is 2.16. The fourth-order valence-electron chi connectivity index (χ4n) is 1.30. The minimum Gasteiger partial charge on any atom is -0.382 e. The van der Waals surface area contributed by atoms with Crippen LogP contribution in [0.1, 0.15) is 30.1 Å². The number of carbonyl (C=O) groups excluding carboxylic acids is 1. The fourth-order valence-corrected chi connectivity index (χ4v) is 1.46. The second kappa shape index (κ2) is 7.89. The Morgan fingerprint density at radius 3 is 3.00 bits per heavy atom. The maximum absolute atomic E-state index is 11.7. The van der Waals surface area contributed by atoms with Gasteiger partial charge in [0.15, 0.2) is 0 Å². The highest BCUT2D eigenvalue weighted by molar-refractivity contribution is 6.33. The molecule has 0 radical (unpaired) electrons. The average Bonchev–Trinajstić information content (AvgIpc) is 2.36. The van der Waals surface area contributed by atoms with Crippen LogP contribution in [0, 0.1) is 0 Å². The molecule has 0 saturated carbocycles. The van der Waals surface area contributed by atoms with Crippen LogP contribution >= 0.6 is 11.6 Å². The van der Waals surface area contributed by atoms with E-state index in [0.29, 0.717) is 18.7 Å². The van der Waals surface area contributed by atoms with Crippen LogP contribution in [0.25, 0.3) is 0 Å². The van der Waals surface area contributed by atoms with Crippen molar-refractivity contribution in [1.29, 1.82) is 0 Å². The molecular weight excluding hydrogens is 254 g/mol. The van der Waals surface area contributed by atoms with Crippen LogP contribution in [-0.4, -0.2) is 30.6 Å². The van der Waals surface area contributed by atoms with Gasteiger partial charge in [0.25, 0.3) is 5.91 Å². The Kier molecular flexibility index (Phi) is 6.46. The lowest BCUT2D eigenvalue weighted by Gasteiger charge is -2.06. The molecule has 0 unspecified atom stereocenters. The smallest absolute Gasteiger partial charge is 0.252 e. The number of nitrogen functional groups attached to an aromatic ring is 1. The summed E-state index contributed by atoms with van der Waals surface area (Å²) in [7, 11) is 0. The molecule has 0 fully saturated rings. The molecule has 0 bridgehead atoms. The van der Waals surface area contributed by atoms with Crippen molar-refractivity contribution < 1.29 is 9.53 Å². The summed E-state index contributed by atoms with van der Waals surface area (Å²) < 4.78 is 5.30. The molecule has 1 heterocycles. The molecule has 1 aromatic heterocycles. The number of pyridine rings is 1. The van der Waals surface area contributed by atoms with Gasteiger partial charge in [0.05, 0.1) is 10.6 Å². The molecule has 100 valence electrons. The van der Waals surface area contributed by atoms with E-state index in [4.69, 9.17) is 22.1 Å². The zero-order valence-corrected chi connectivity index (χ0v) is 11.2. The summed E-state index contributed by atoms with van der Waals surface area (Å²) in [6.45, 7) is 4.02. The molecule has 6 heteroatoms. The van der Waals surface area contributed by atoms with Crippen LogP contribution < -0.4 is 11.1 Å². The summed E-state index contributed by atoms with van der Waals surface area (Å²) >= 11 is 5.79. The Hall–Kier alpha value is -1.33. The molecule has 5 nitrogen and oxygen atoms in total. The van der Waals surface area contributed by atoms with Crippen molar-refractivity contribution >= 4 is 23.3 Å². The van der Waals surface area contributed by atoms with E-state index in [-0.39, 0.29) is 16.7 Å². The predicted molar refractivity (Wildman–Crippen MR) is 71.7 cm³/mol. The third-order valence-corrected chi connectivity index (χ3v) is 2.53. The van der Waals surface area contributed by atoms with E-state index >= 15 is 0 Å². The normalized spacial score (nSPS) is 10.3. The van der Waals surface area contributed by atoms with Crippen molar-refractivity contribution in [2.45, 2.75) is 19.8 Å². The summed E-state index contributed by atoms with van der Waals surface area (Å²) in [6, 6.07) is 1.51. The first-order chi connectivity index (χ1) is 8.65. The number of nitrogens with zero attached hydrogens (tertiary/aromatic N) is 1. The van der Waals surface area contributed by atoms with Crippen LogP contribution in [0.3, 0.4) is 0 Å². The van der Waals surface area contributed by atoms with Gasteiger partial charge in [-0.2, -0.15) is 0 Å². The quantitative estimate of drug-likeness (QED) is 0.742. The molecule has 1 amide bonds. The molecule has 0 aromatic carbocycles. The second-order valence-corrected chi connectivity index (χ2v) is 4.22. The van der Waals surface area contributed by atoms with Crippen LogP contribution in [-0.2, 0) is 4.74 Å². The van der Waals surface area contributed by atoms with Crippen molar-refractivity contribution in [2.75, 3.05) is 25.5 Å². The molecule has 0 aliphatic rings. The second-order valence-electron chi connectivity index (χ2n) is 3.81. The van der Waals surface area contributed by atoms with E-state index in [1.54, 1.807) is 0 Å². The van der Waals surface area contributed by atoms with Crippen LogP contribution in [0.15, 0.2) is 12.3 Å². The summed E-state index contributed by atoms with van der Waals surface area (Å²) in [4.78, 5) is 15.5. The van der Waals surface area contributed by atoms with Crippen molar-refractivity contribution in [3.05, 3.63) is 22.8 Å². The molecule has 0 aliphatic carbocycles. The van der Waals surface area contributed by atoms with Gasteiger partial charge >= 0.3 is 0 Å². The van der Waals surface area contributed by atoms with Crippen molar-refractivity contribution in [3.63, 3.8) is 0 Å². The number of amides is 1. The Morgan fingerprint density at radius 1 is 1.56 bits per heavy atom. The van der Waals surface area contributed by atoms with E-state index in [1.165, 1.54) is 12.3 Å². The highest BCUT2D eigenvalue weighted by atomic mass is 35.5. The Morgan fingerprint density at radius 2 is 2.33 bits per heavy atom. The minimum atomic E-state index is -0.208. The zero-order chi connectivity index (χ0) is 13.4. The number of aromatic nitrogens is 1. The van der Waals surface area contributed by atoms with Crippen molar-refractivity contribution in [3.8, 4) is 0 Å². The van der Waals surface area contributed by atoms with Crippen LogP contribution in [0.5, 0.6) is 0 Å². The summed E-state index contributed by atoms with van der Waals surface area (Å²) in [5.74, 6) is 0.0149. The molecule has 0 spiro atoms. The standard InChI is InChI=1S/C12H18ClN3O2/c1-2-5-18-6-3-4-15-12(17)9-7-10(13)11(14)16-8-9/h7-8H,2-6H2,1H3,(H2,14,16)(H,15,17). The van der Waals surface area contributed by atoms with Gasteiger partial charge in [0.1, 0.15) is 5.82 Å². The molecule has 0 atom stereocenters. The number of carbonyl (C=O) groups is 1. The number of nitrogens with one attached hydrogen (secondary N) is 1. The van der Waals surface area contributed by atoms with E-state index in [9.17, 15) is 4.79 Å². The Labute approximate surface area is 112 Å². The van der Waals surface area contributed by atoms with Gasteiger partial charge in [0, 0.05) is 26.0 Å². The molecular formula is C12H18ClN3O2. The van der Waals surface area contributed by atoms with Gasteiger partial charge in [0.2, 0.25) is 0 Å². The van der Waals surface area contributed by atoms with Crippen LogP contribution in [0.4, 0.5) is 5.82 Å². The van der Waals surface area contributed by atoms with E-state index < -0.39 is 0 Å². The fraction of sp³-hybridized carbons (Fsp3) is 0.500. The monoisotopic (exact) mass is 271 g/mol. The van der Waals surface area contributed by atoms with E-state index in [0.717, 1.165) is 19.4 Å². The molecule has 1 aromatic rings. The van der Waals surface area contributed by atoms with Gasteiger partial charge in [-0.1, -0.05) is 18.5 Å². The lowest BCUT2D eigenvalue weighted by molar-refractivity contribution is 0.0941. The molecule has 18 heavy (non-hydrogen) atoms. The van der Waals surface area contributed by atoms with Gasteiger partial charge in [-0.3, -0.25) is 4.79 Å². The van der Waals surface area contributed by atoms with E-state index in [2.05, 4.69) is 17.2 Å². The molecule has 1 rings (SSSR count). The number of hydrogen-bond donors (Lipinski definition) is 2. The van der Waals surface area contributed by atoms with Gasteiger partial charge in [-0.15, -0.1) is 0 Å². The molecule has 0 saturated heterocycles. The third kappa shape index (κ3) is 4.89. The first kappa shape index (κ1) is 14.7. The highest BCUT2D eigenvalue weighted by Gasteiger charge is 2.07. The maximum atomic E-state index is 11.7. The lowest BCUT2D eigenvalue weighted by atomic mass is 10.2. The summed E-state index contributed by atoms with van der Waals surface area (Å²) in [5.41, 5.74) is 5.87. The first-order valence-electron chi connectivity index (χ1n) is 5.92. The number of nitrogens with two attached hydrogens (primary N) is 1. The molecule has 3 N–H and O–H groups in total. The number of ether oxygens (including phenoxy) is 1. The maximum Gasteiger partial charge on any atom is 0.252 e.